The van der Waals surface area contributed by atoms with Crippen LogP contribution in [0.25, 0.3) is 0 Å². The summed E-state index contributed by atoms with van der Waals surface area (Å²) in [6, 6.07) is 3.70. The van der Waals surface area contributed by atoms with Gasteiger partial charge in [-0.3, -0.25) is 0 Å². The van der Waals surface area contributed by atoms with Crippen molar-refractivity contribution in [2.45, 2.75) is 12.8 Å². The first-order chi connectivity index (χ1) is 9.25. The first-order valence-corrected chi connectivity index (χ1v) is 5.78. The van der Waals surface area contributed by atoms with Gasteiger partial charge in [-0.15, -0.1) is 0 Å². The molecule has 4 N–H and O–H groups in total. The van der Waals surface area contributed by atoms with Crippen molar-refractivity contribution < 1.29 is 4.63 Å². The fraction of sp³-hybridized carbons (Fsp3) is 0.182. The van der Waals surface area contributed by atoms with Crippen molar-refractivity contribution in [1.29, 1.82) is 0 Å². The normalized spacial score (nSPS) is 10.9. The van der Waals surface area contributed by atoms with Gasteiger partial charge in [0.05, 0.1) is 0 Å². The van der Waals surface area contributed by atoms with Crippen LogP contribution in [0.3, 0.4) is 0 Å². The van der Waals surface area contributed by atoms with Gasteiger partial charge in [0.15, 0.2) is 5.82 Å². The fourth-order valence-corrected chi connectivity index (χ4v) is 1.90. The highest BCUT2D eigenvalue weighted by Crippen LogP contribution is 2.11. The summed E-state index contributed by atoms with van der Waals surface area (Å²) in [5.41, 5.74) is 12.1. The molecule has 3 heterocycles. The molecule has 0 aliphatic heterocycles. The Bertz CT molecular complexity index is 681. The van der Waals surface area contributed by atoms with Gasteiger partial charge in [-0.1, -0.05) is 5.16 Å². The van der Waals surface area contributed by atoms with Gasteiger partial charge in [0.25, 0.3) is 0 Å². The summed E-state index contributed by atoms with van der Waals surface area (Å²) in [5, 5.41) is 7.29. The van der Waals surface area contributed by atoms with Gasteiger partial charge in [0.2, 0.25) is 0 Å². The standard InChI is InChI=1S/C11H13N7O/c12-9-2-1-6-17(9)18-7-5-14-10(18)4-3-8-11(13)16-19-15-8/h1-2,5-7H,3-4,12H2,(H2,13,16). The molecule has 0 saturated carbocycles. The number of aromatic nitrogens is 5. The lowest BCUT2D eigenvalue weighted by Crippen LogP contribution is -2.14. The quantitative estimate of drug-likeness (QED) is 0.697. The molecule has 0 fully saturated rings. The molecule has 0 bridgehead atoms. The highest BCUT2D eigenvalue weighted by atomic mass is 16.6. The molecule has 98 valence electrons. The number of nitrogens with zero attached hydrogens (tertiary/aromatic N) is 5. The van der Waals surface area contributed by atoms with Crippen LogP contribution in [0.4, 0.5) is 11.6 Å². The van der Waals surface area contributed by atoms with E-state index in [2.05, 4.69) is 19.9 Å². The van der Waals surface area contributed by atoms with Crippen molar-refractivity contribution in [2.75, 3.05) is 11.5 Å². The smallest absolute Gasteiger partial charge is 0.191 e. The van der Waals surface area contributed by atoms with Gasteiger partial charge in [0.1, 0.15) is 17.3 Å². The average molecular weight is 259 g/mol. The Morgan fingerprint density at radius 1 is 1.11 bits per heavy atom. The number of imidazole rings is 1. The van der Waals surface area contributed by atoms with Gasteiger partial charge in [-0.2, -0.15) is 0 Å². The second kappa shape index (κ2) is 4.48. The van der Waals surface area contributed by atoms with E-state index in [4.69, 9.17) is 11.5 Å². The summed E-state index contributed by atoms with van der Waals surface area (Å²) in [5.74, 6) is 1.81. The van der Waals surface area contributed by atoms with Crippen LogP contribution in [0.15, 0.2) is 35.4 Å². The van der Waals surface area contributed by atoms with Crippen molar-refractivity contribution in [3.63, 3.8) is 0 Å². The van der Waals surface area contributed by atoms with Crippen LogP contribution in [-0.4, -0.2) is 24.6 Å². The number of nitrogens with two attached hydrogens (primary N) is 2. The molecule has 3 aromatic rings. The van der Waals surface area contributed by atoms with Crippen LogP contribution in [0.1, 0.15) is 11.5 Å². The predicted octanol–water partition coefficient (Wildman–Crippen LogP) is 0.329. The van der Waals surface area contributed by atoms with E-state index in [0.717, 1.165) is 5.82 Å². The minimum atomic E-state index is 0.318. The lowest BCUT2D eigenvalue weighted by atomic mass is 10.2. The maximum Gasteiger partial charge on any atom is 0.191 e. The Hall–Kier alpha value is -2.77. The lowest BCUT2D eigenvalue weighted by molar-refractivity contribution is 0.304. The molecule has 3 rings (SSSR count). The molecule has 3 aromatic heterocycles. The number of nitrogen functional groups attached to an aromatic ring is 2. The molecule has 19 heavy (non-hydrogen) atoms. The fourth-order valence-electron chi connectivity index (χ4n) is 1.90. The summed E-state index contributed by atoms with van der Waals surface area (Å²) >= 11 is 0. The molecule has 0 saturated heterocycles. The van der Waals surface area contributed by atoms with Crippen LogP contribution >= 0.6 is 0 Å². The third-order valence-electron chi connectivity index (χ3n) is 2.86. The number of hydrogen-bond donors (Lipinski definition) is 2. The molecular weight excluding hydrogens is 246 g/mol. The van der Waals surface area contributed by atoms with Crippen molar-refractivity contribution >= 4 is 11.6 Å². The average Bonchev–Trinajstić information content (AvgIpc) is 3.08. The Labute approximate surface area is 108 Å². The number of rotatable bonds is 4. The molecule has 8 heteroatoms. The highest BCUT2D eigenvalue weighted by Gasteiger charge is 2.10. The third-order valence-corrected chi connectivity index (χ3v) is 2.86. The number of aryl methyl sites for hydroxylation is 2. The van der Waals surface area contributed by atoms with Crippen LogP contribution in [0, 0.1) is 0 Å². The Morgan fingerprint density at radius 3 is 2.68 bits per heavy atom. The van der Waals surface area contributed by atoms with Crippen molar-refractivity contribution in [2.24, 2.45) is 0 Å². The van der Waals surface area contributed by atoms with Crippen molar-refractivity contribution in [1.82, 2.24) is 24.6 Å². The summed E-state index contributed by atoms with van der Waals surface area (Å²) in [7, 11) is 0. The van der Waals surface area contributed by atoms with E-state index in [-0.39, 0.29) is 0 Å². The minimum absolute atomic E-state index is 0.318. The summed E-state index contributed by atoms with van der Waals surface area (Å²) in [4.78, 5) is 4.31. The molecule has 0 aliphatic carbocycles. The van der Waals surface area contributed by atoms with Crippen LogP contribution in [0.5, 0.6) is 0 Å². The zero-order valence-corrected chi connectivity index (χ0v) is 10.1. The lowest BCUT2D eigenvalue weighted by Gasteiger charge is -2.10. The first-order valence-electron chi connectivity index (χ1n) is 5.78. The van der Waals surface area contributed by atoms with Crippen LogP contribution in [-0.2, 0) is 12.8 Å². The second-order valence-corrected chi connectivity index (χ2v) is 4.06. The van der Waals surface area contributed by atoms with E-state index >= 15 is 0 Å². The Morgan fingerprint density at radius 2 is 2.00 bits per heavy atom. The van der Waals surface area contributed by atoms with E-state index in [0.29, 0.717) is 30.2 Å². The molecular formula is C11H13N7O. The van der Waals surface area contributed by atoms with Gasteiger partial charge in [0, 0.05) is 31.4 Å². The molecule has 0 unspecified atom stereocenters. The Kier molecular flexibility index (Phi) is 2.67. The first kappa shape index (κ1) is 11.3. The molecule has 0 aliphatic rings. The molecule has 0 atom stereocenters. The monoisotopic (exact) mass is 259 g/mol. The summed E-state index contributed by atoms with van der Waals surface area (Å²) < 4.78 is 8.25. The van der Waals surface area contributed by atoms with Crippen molar-refractivity contribution in [3.05, 3.63) is 42.2 Å². The third kappa shape index (κ3) is 2.03. The van der Waals surface area contributed by atoms with Crippen LogP contribution in [0.2, 0.25) is 0 Å². The molecule has 8 nitrogen and oxygen atoms in total. The predicted molar refractivity (Wildman–Crippen MR) is 68.0 cm³/mol. The Balaban J connectivity index is 1.82. The molecule has 0 radical (unpaired) electrons. The van der Waals surface area contributed by atoms with Crippen LogP contribution < -0.4 is 11.5 Å². The zero-order chi connectivity index (χ0) is 13.2. The molecule has 0 amide bonds. The SMILES string of the molecule is Nc1nonc1CCc1nccn1-n1cccc1N. The summed E-state index contributed by atoms with van der Waals surface area (Å²) in [6.45, 7) is 0. The maximum atomic E-state index is 5.87. The number of hydrogen-bond acceptors (Lipinski definition) is 6. The van der Waals surface area contributed by atoms with Gasteiger partial charge in [-0.25, -0.2) is 19.0 Å². The topological polar surface area (TPSA) is 114 Å². The van der Waals surface area contributed by atoms with E-state index < -0.39 is 0 Å². The molecule has 0 aromatic carbocycles. The van der Waals surface area contributed by atoms with E-state index in [1.54, 1.807) is 6.20 Å². The van der Waals surface area contributed by atoms with E-state index in [1.165, 1.54) is 0 Å². The molecule has 0 spiro atoms. The second-order valence-electron chi connectivity index (χ2n) is 4.06. The zero-order valence-electron chi connectivity index (χ0n) is 10.1. The highest BCUT2D eigenvalue weighted by molar-refractivity contribution is 5.32. The van der Waals surface area contributed by atoms with E-state index in [9.17, 15) is 0 Å². The maximum absolute atomic E-state index is 5.87. The van der Waals surface area contributed by atoms with Gasteiger partial charge >= 0.3 is 0 Å². The van der Waals surface area contributed by atoms with Gasteiger partial charge < -0.3 is 11.5 Å². The van der Waals surface area contributed by atoms with E-state index in [1.807, 2.05) is 33.9 Å². The largest absolute Gasteiger partial charge is 0.384 e. The van der Waals surface area contributed by atoms with Crippen molar-refractivity contribution in [3.8, 4) is 0 Å². The van der Waals surface area contributed by atoms with Gasteiger partial charge in [-0.05, 0) is 17.3 Å². The number of anilines is 2. The summed E-state index contributed by atoms with van der Waals surface area (Å²) in [6.07, 6.45) is 6.69. The minimum Gasteiger partial charge on any atom is -0.384 e.